The van der Waals surface area contributed by atoms with Gasteiger partial charge in [-0.15, -0.1) is 0 Å². The molecule has 0 unspecified atom stereocenters. The number of ether oxygens (including phenoxy) is 1. The van der Waals surface area contributed by atoms with Gasteiger partial charge in [0.05, 0.1) is 5.69 Å². The van der Waals surface area contributed by atoms with Crippen molar-refractivity contribution in [2.24, 2.45) is 0 Å². The molecule has 3 rings (SSSR count). The average molecular weight is 399 g/mol. The summed E-state index contributed by atoms with van der Waals surface area (Å²) in [6.45, 7) is 0.673. The van der Waals surface area contributed by atoms with E-state index >= 15 is 0 Å². The monoisotopic (exact) mass is 399 g/mol. The number of halogens is 1. The topological polar surface area (TPSA) is 55.3 Å². The molecular formula is C21H22FN3O2S. The number of aromatic nitrogens is 1. The lowest BCUT2D eigenvalue weighted by Gasteiger charge is -2.10. The van der Waals surface area contributed by atoms with E-state index in [0.29, 0.717) is 17.9 Å². The van der Waals surface area contributed by atoms with Gasteiger partial charge in [0.2, 0.25) is 0 Å². The number of benzene rings is 2. The van der Waals surface area contributed by atoms with E-state index in [4.69, 9.17) is 4.74 Å². The van der Waals surface area contributed by atoms with Crippen LogP contribution in [0.2, 0.25) is 0 Å². The molecule has 0 aliphatic carbocycles. The minimum atomic E-state index is -0.253. The largest absolute Gasteiger partial charge is 0.484 e. The van der Waals surface area contributed by atoms with Crippen molar-refractivity contribution < 1.29 is 13.9 Å². The van der Waals surface area contributed by atoms with E-state index in [9.17, 15) is 9.18 Å². The summed E-state index contributed by atoms with van der Waals surface area (Å²) < 4.78 is 21.7. The van der Waals surface area contributed by atoms with Crippen molar-refractivity contribution in [3.63, 3.8) is 0 Å². The first-order chi connectivity index (χ1) is 13.6. The number of nitrogens with zero attached hydrogens (tertiary/aromatic N) is 1. The van der Waals surface area contributed by atoms with Crippen molar-refractivity contribution >= 4 is 17.9 Å². The Labute approximate surface area is 168 Å². The first kappa shape index (κ1) is 20.0. The van der Waals surface area contributed by atoms with Crippen molar-refractivity contribution in [1.82, 2.24) is 14.6 Å². The zero-order valence-electron chi connectivity index (χ0n) is 15.7. The lowest BCUT2D eigenvalue weighted by atomic mass is 10.1. The predicted octanol–water partition coefficient (Wildman–Crippen LogP) is 3.69. The van der Waals surface area contributed by atoms with Crippen LogP contribution in [0.15, 0.2) is 65.7 Å². The summed E-state index contributed by atoms with van der Waals surface area (Å²) in [5.41, 5.74) is 2.43. The first-order valence-corrected chi connectivity index (χ1v) is 9.60. The fraction of sp³-hybridized carbons (Fsp3) is 0.190. The number of nitrogens with one attached hydrogen (secondary N) is 2. The van der Waals surface area contributed by atoms with Gasteiger partial charge in [-0.05, 0) is 67.0 Å². The van der Waals surface area contributed by atoms with Crippen molar-refractivity contribution in [1.29, 1.82) is 0 Å². The third kappa shape index (κ3) is 4.94. The van der Waals surface area contributed by atoms with Gasteiger partial charge in [0.15, 0.2) is 6.61 Å². The molecule has 2 N–H and O–H groups in total. The van der Waals surface area contributed by atoms with Crippen molar-refractivity contribution in [3.05, 3.63) is 72.2 Å². The molecule has 146 valence electrons. The maximum Gasteiger partial charge on any atom is 0.257 e. The van der Waals surface area contributed by atoms with Gasteiger partial charge >= 0.3 is 0 Å². The molecule has 3 aromatic rings. The number of hydrogen-bond donors (Lipinski definition) is 2. The molecule has 0 saturated carbocycles. The van der Waals surface area contributed by atoms with Gasteiger partial charge in [-0.25, -0.2) is 4.39 Å². The normalized spacial score (nSPS) is 10.7. The number of carbonyl (C=O) groups is 1. The standard InChI is InChI=1S/C21H22FN3O2S/c1-23-12-15-11-20(18-5-3-4-6-19(18)22)25(13-15)28-17-9-7-16(8-10-17)27-14-21(26)24-2/h3-11,13,23H,12,14H2,1-2H3,(H,24,26). The summed E-state index contributed by atoms with van der Waals surface area (Å²) in [5, 5.41) is 5.64. The molecule has 0 fully saturated rings. The first-order valence-electron chi connectivity index (χ1n) is 8.83. The minimum absolute atomic E-state index is 0.0224. The number of amides is 1. The van der Waals surface area contributed by atoms with Gasteiger partial charge in [0.25, 0.3) is 5.91 Å². The molecule has 0 aliphatic heterocycles. The molecule has 0 bridgehead atoms. The molecule has 1 aromatic heterocycles. The summed E-state index contributed by atoms with van der Waals surface area (Å²) in [7, 11) is 3.45. The number of carbonyl (C=O) groups excluding carboxylic acids is 1. The van der Waals surface area contributed by atoms with Crippen LogP contribution < -0.4 is 15.4 Å². The maximum atomic E-state index is 14.3. The number of likely N-dealkylation sites (N-methyl/N-ethyl adjacent to an activating group) is 1. The molecular weight excluding hydrogens is 377 g/mol. The van der Waals surface area contributed by atoms with Crippen LogP contribution in [0.3, 0.4) is 0 Å². The Balaban J connectivity index is 1.81. The fourth-order valence-corrected chi connectivity index (χ4v) is 3.59. The van der Waals surface area contributed by atoms with Crippen LogP contribution in [0.25, 0.3) is 11.3 Å². The van der Waals surface area contributed by atoms with E-state index in [1.165, 1.54) is 18.0 Å². The predicted molar refractivity (Wildman–Crippen MR) is 110 cm³/mol. The lowest BCUT2D eigenvalue weighted by molar-refractivity contribution is -0.122. The fourth-order valence-electron chi connectivity index (χ4n) is 2.67. The van der Waals surface area contributed by atoms with E-state index in [2.05, 4.69) is 10.6 Å². The Morgan fingerprint density at radius 1 is 1.14 bits per heavy atom. The molecule has 7 heteroatoms. The summed E-state index contributed by atoms with van der Waals surface area (Å²) in [4.78, 5) is 12.2. The van der Waals surface area contributed by atoms with E-state index in [1.807, 2.05) is 53.6 Å². The van der Waals surface area contributed by atoms with E-state index < -0.39 is 0 Å². The van der Waals surface area contributed by atoms with Gasteiger partial charge < -0.3 is 15.4 Å². The molecule has 2 aromatic carbocycles. The van der Waals surface area contributed by atoms with Crippen molar-refractivity contribution in [2.75, 3.05) is 20.7 Å². The highest BCUT2D eigenvalue weighted by atomic mass is 32.2. The van der Waals surface area contributed by atoms with Gasteiger partial charge in [-0.1, -0.05) is 12.1 Å². The van der Waals surface area contributed by atoms with Crippen LogP contribution in [0.4, 0.5) is 4.39 Å². The van der Waals surface area contributed by atoms with Gasteiger partial charge in [-0.2, -0.15) is 0 Å². The average Bonchev–Trinajstić information content (AvgIpc) is 3.10. The summed E-state index contributed by atoms with van der Waals surface area (Å²) in [5.74, 6) is 0.180. The maximum absolute atomic E-state index is 14.3. The van der Waals surface area contributed by atoms with E-state index in [-0.39, 0.29) is 18.3 Å². The van der Waals surface area contributed by atoms with Crippen LogP contribution in [-0.2, 0) is 11.3 Å². The zero-order chi connectivity index (χ0) is 19.9. The molecule has 0 radical (unpaired) electrons. The highest BCUT2D eigenvalue weighted by Gasteiger charge is 2.13. The lowest BCUT2D eigenvalue weighted by Crippen LogP contribution is -2.24. The molecule has 5 nitrogen and oxygen atoms in total. The second kappa shape index (κ2) is 9.43. The molecule has 0 aliphatic rings. The van der Waals surface area contributed by atoms with Gasteiger partial charge in [0.1, 0.15) is 11.6 Å². The van der Waals surface area contributed by atoms with Gasteiger partial charge in [-0.3, -0.25) is 8.77 Å². The summed E-state index contributed by atoms with van der Waals surface area (Å²) >= 11 is 1.49. The van der Waals surface area contributed by atoms with Crippen LogP contribution in [0.1, 0.15) is 5.56 Å². The van der Waals surface area contributed by atoms with Crippen LogP contribution in [0.5, 0.6) is 5.75 Å². The van der Waals surface area contributed by atoms with Crippen molar-refractivity contribution in [2.45, 2.75) is 11.4 Å². The Hall–Kier alpha value is -2.77. The smallest absolute Gasteiger partial charge is 0.257 e. The second-order valence-electron chi connectivity index (χ2n) is 6.09. The molecule has 1 heterocycles. The van der Waals surface area contributed by atoms with Crippen LogP contribution in [0, 0.1) is 5.82 Å². The summed E-state index contributed by atoms with van der Waals surface area (Å²) in [6.07, 6.45) is 2.00. The Kier molecular flexibility index (Phi) is 6.73. The SMILES string of the molecule is CNCc1cc(-c2ccccc2F)n(Sc2ccc(OCC(=O)NC)cc2)c1. The second-order valence-corrected chi connectivity index (χ2v) is 7.14. The molecule has 0 spiro atoms. The third-order valence-corrected chi connectivity index (χ3v) is 5.03. The quantitative estimate of drug-likeness (QED) is 0.607. The van der Waals surface area contributed by atoms with E-state index in [0.717, 1.165) is 16.2 Å². The molecule has 28 heavy (non-hydrogen) atoms. The van der Waals surface area contributed by atoms with Gasteiger partial charge in [0, 0.05) is 30.2 Å². The Bertz CT molecular complexity index is 941. The molecule has 0 saturated heterocycles. The molecule has 1 amide bonds. The minimum Gasteiger partial charge on any atom is -0.484 e. The van der Waals surface area contributed by atoms with Crippen LogP contribution in [-0.4, -0.2) is 30.6 Å². The summed E-state index contributed by atoms with van der Waals surface area (Å²) in [6, 6.07) is 16.2. The molecule has 0 atom stereocenters. The third-order valence-electron chi connectivity index (χ3n) is 4.05. The van der Waals surface area contributed by atoms with Crippen molar-refractivity contribution in [3.8, 4) is 17.0 Å². The highest BCUT2D eigenvalue weighted by Crippen LogP contribution is 2.32. The number of hydrogen-bond acceptors (Lipinski definition) is 4. The number of rotatable bonds is 8. The highest BCUT2D eigenvalue weighted by molar-refractivity contribution is 7.98. The van der Waals surface area contributed by atoms with Crippen LogP contribution >= 0.6 is 11.9 Å². The Morgan fingerprint density at radius 3 is 2.57 bits per heavy atom. The van der Waals surface area contributed by atoms with E-state index in [1.54, 1.807) is 19.2 Å². The zero-order valence-corrected chi connectivity index (χ0v) is 16.6. The Morgan fingerprint density at radius 2 is 1.89 bits per heavy atom.